The molecule has 0 fully saturated rings. The Balaban J connectivity index is 1.75. The lowest BCUT2D eigenvalue weighted by atomic mass is 10.1. The molecule has 0 bridgehead atoms. The number of carbonyl (C=O) groups is 1. The van der Waals surface area contributed by atoms with Crippen LogP contribution in [0.3, 0.4) is 0 Å². The molecule has 2 aromatic rings. The van der Waals surface area contributed by atoms with Crippen LogP contribution < -0.4 is 5.32 Å². The minimum absolute atomic E-state index is 0.180. The fourth-order valence-corrected chi connectivity index (χ4v) is 1.82. The number of aryl methyl sites for hydroxylation is 2. The van der Waals surface area contributed by atoms with Gasteiger partial charge in [0.05, 0.1) is 11.2 Å². The van der Waals surface area contributed by atoms with Gasteiger partial charge in [-0.25, -0.2) is 4.98 Å². The average Bonchev–Trinajstić information content (AvgIpc) is 2.81. The first-order valence-corrected chi connectivity index (χ1v) is 6.43. The predicted molar refractivity (Wildman–Crippen MR) is 73.2 cm³/mol. The molecule has 1 amide bonds. The molecule has 0 saturated heterocycles. The lowest BCUT2D eigenvalue weighted by Crippen LogP contribution is -2.25. The van der Waals surface area contributed by atoms with Crippen LogP contribution in [0, 0.1) is 6.92 Å². The molecular weight excluding hydrogens is 264 g/mol. The Morgan fingerprint density at radius 3 is 2.89 bits per heavy atom. The van der Waals surface area contributed by atoms with Gasteiger partial charge in [-0.1, -0.05) is 11.6 Å². The topological polar surface area (TPSA) is 70.7 Å². The van der Waals surface area contributed by atoms with Gasteiger partial charge in [-0.3, -0.25) is 9.89 Å². The molecule has 0 saturated carbocycles. The van der Waals surface area contributed by atoms with Crippen molar-refractivity contribution >= 4 is 17.5 Å². The number of aromatic amines is 1. The van der Waals surface area contributed by atoms with Crippen molar-refractivity contribution in [2.24, 2.45) is 0 Å². The third-order valence-electron chi connectivity index (χ3n) is 2.80. The van der Waals surface area contributed by atoms with Crippen LogP contribution >= 0.6 is 11.6 Å². The number of hydrogen-bond acceptors (Lipinski definition) is 3. The van der Waals surface area contributed by atoms with Gasteiger partial charge in [-0.15, -0.1) is 0 Å². The molecule has 0 spiro atoms. The third-order valence-corrected chi connectivity index (χ3v) is 3.03. The van der Waals surface area contributed by atoms with Crippen LogP contribution in [0.4, 0.5) is 0 Å². The number of nitrogens with one attached hydrogen (secondary N) is 2. The maximum atomic E-state index is 11.7. The van der Waals surface area contributed by atoms with Gasteiger partial charge in [0, 0.05) is 18.4 Å². The first-order valence-electron chi connectivity index (χ1n) is 6.05. The van der Waals surface area contributed by atoms with Gasteiger partial charge in [0.25, 0.3) is 5.91 Å². The highest BCUT2D eigenvalue weighted by atomic mass is 35.5. The summed E-state index contributed by atoms with van der Waals surface area (Å²) in [6.07, 6.45) is 5.03. The maximum absolute atomic E-state index is 11.7. The summed E-state index contributed by atoms with van der Waals surface area (Å²) in [7, 11) is 0. The van der Waals surface area contributed by atoms with E-state index in [1.54, 1.807) is 12.1 Å². The molecule has 100 valence electrons. The molecule has 2 aromatic heterocycles. The summed E-state index contributed by atoms with van der Waals surface area (Å²) in [4.78, 5) is 15.7. The number of carbonyl (C=O) groups excluding carboxylic acids is 1. The van der Waals surface area contributed by atoms with E-state index in [1.807, 2.05) is 13.1 Å². The van der Waals surface area contributed by atoms with Crippen molar-refractivity contribution in [1.82, 2.24) is 20.5 Å². The molecule has 2 heterocycles. The van der Waals surface area contributed by atoms with Crippen LogP contribution in [0.1, 0.15) is 28.2 Å². The third kappa shape index (κ3) is 3.79. The average molecular weight is 279 g/mol. The molecule has 6 heteroatoms. The molecule has 0 radical (unpaired) electrons. The van der Waals surface area contributed by atoms with E-state index < -0.39 is 0 Å². The van der Waals surface area contributed by atoms with E-state index in [0.29, 0.717) is 17.3 Å². The zero-order valence-electron chi connectivity index (χ0n) is 10.6. The van der Waals surface area contributed by atoms with Crippen molar-refractivity contribution < 1.29 is 4.79 Å². The number of rotatable bonds is 5. The quantitative estimate of drug-likeness (QED) is 0.823. The van der Waals surface area contributed by atoms with E-state index >= 15 is 0 Å². The van der Waals surface area contributed by atoms with Crippen molar-refractivity contribution in [2.75, 3.05) is 6.54 Å². The largest absolute Gasteiger partial charge is 0.351 e. The van der Waals surface area contributed by atoms with Crippen molar-refractivity contribution in [3.63, 3.8) is 0 Å². The summed E-state index contributed by atoms with van der Waals surface area (Å²) in [5.74, 6) is -0.180. The fourth-order valence-electron chi connectivity index (χ4n) is 1.71. The maximum Gasteiger partial charge on any atom is 0.269 e. The van der Waals surface area contributed by atoms with Crippen LogP contribution in [0.25, 0.3) is 0 Å². The lowest BCUT2D eigenvalue weighted by Gasteiger charge is -2.04. The van der Waals surface area contributed by atoms with Crippen molar-refractivity contribution in [3.8, 4) is 0 Å². The Morgan fingerprint density at radius 2 is 2.26 bits per heavy atom. The Bertz CT molecular complexity index is 550. The predicted octanol–water partition coefficient (Wildman–Crippen LogP) is 2.13. The monoisotopic (exact) mass is 278 g/mol. The molecule has 0 aromatic carbocycles. The molecule has 0 aliphatic heterocycles. The molecule has 5 nitrogen and oxygen atoms in total. The summed E-state index contributed by atoms with van der Waals surface area (Å²) in [5, 5.41) is 10.2. The summed E-state index contributed by atoms with van der Waals surface area (Å²) in [6.45, 7) is 2.59. The van der Waals surface area contributed by atoms with Gasteiger partial charge < -0.3 is 5.32 Å². The molecule has 19 heavy (non-hydrogen) atoms. The number of nitrogens with zero attached hydrogens (tertiary/aromatic N) is 2. The number of aromatic nitrogens is 3. The number of hydrogen-bond donors (Lipinski definition) is 2. The van der Waals surface area contributed by atoms with Crippen molar-refractivity contribution in [2.45, 2.75) is 19.8 Å². The van der Waals surface area contributed by atoms with E-state index in [0.717, 1.165) is 18.5 Å². The van der Waals surface area contributed by atoms with E-state index in [-0.39, 0.29) is 5.91 Å². The van der Waals surface area contributed by atoms with Crippen molar-refractivity contribution in [1.29, 1.82) is 0 Å². The smallest absolute Gasteiger partial charge is 0.269 e. The Morgan fingerprint density at radius 1 is 1.42 bits per heavy atom. The molecular formula is C13H15ClN4O. The zero-order valence-corrected chi connectivity index (χ0v) is 11.4. The highest BCUT2D eigenvalue weighted by Gasteiger charge is 2.06. The number of halogens is 1. The van der Waals surface area contributed by atoms with Gasteiger partial charge in [-0.2, -0.15) is 5.10 Å². The molecule has 0 aliphatic carbocycles. The number of H-pyrrole nitrogens is 1. The highest BCUT2D eigenvalue weighted by Crippen LogP contribution is 2.07. The van der Waals surface area contributed by atoms with E-state index in [2.05, 4.69) is 20.5 Å². The van der Waals surface area contributed by atoms with Crippen LogP contribution in [0.15, 0.2) is 24.5 Å². The molecule has 0 unspecified atom stereocenters. The molecule has 0 aliphatic rings. The normalized spacial score (nSPS) is 10.4. The zero-order chi connectivity index (χ0) is 13.7. The Labute approximate surface area is 116 Å². The van der Waals surface area contributed by atoms with Gasteiger partial charge in [0.1, 0.15) is 5.69 Å². The molecule has 0 atom stereocenters. The Hall–Kier alpha value is -1.88. The standard InChI is InChI=1S/C13H15ClN4O/c1-9-10(7-17-18-9)3-2-6-15-13(19)12-5-4-11(14)8-16-12/h4-5,7-8H,2-3,6H2,1H3,(H,15,19)(H,17,18). The summed E-state index contributed by atoms with van der Waals surface area (Å²) in [6, 6.07) is 3.26. The second-order valence-corrected chi connectivity index (χ2v) is 4.68. The van der Waals surface area contributed by atoms with Crippen LogP contribution in [0.5, 0.6) is 0 Å². The van der Waals surface area contributed by atoms with Crippen molar-refractivity contribution in [3.05, 3.63) is 46.5 Å². The van der Waals surface area contributed by atoms with Gasteiger partial charge in [0.15, 0.2) is 0 Å². The van der Waals surface area contributed by atoms with Crippen LogP contribution in [0.2, 0.25) is 5.02 Å². The van der Waals surface area contributed by atoms with Crippen LogP contribution in [-0.2, 0) is 6.42 Å². The molecule has 2 N–H and O–H groups in total. The van der Waals surface area contributed by atoms with E-state index in [1.165, 1.54) is 11.8 Å². The summed E-state index contributed by atoms with van der Waals surface area (Å²) >= 11 is 5.71. The Kier molecular flexibility index (Phi) is 4.52. The van der Waals surface area contributed by atoms with Gasteiger partial charge in [-0.05, 0) is 37.5 Å². The highest BCUT2D eigenvalue weighted by molar-refractivity contribution is 6.30. The van der Waals surface area contributed by atoms with Crippen LogP contribution in [-0.4, -0.2) is 27.6 Å². The van der Waals surface area contributed by atoms with E-state index in [4.69, 9.17) is 11.6 Å². The first kappa shape index (κ1) is 13.5. The van der Waals surface area contributed by atoms with E-state index in [9.17, 15) is 4.79 Å². The summed E-state index contributed by atoms with van der Waals surface area (Å²) < 4.78 is 0. The lowest BCUT2D eigenvalue weighted by molar-refractivity contribution is 0.0948. The number of amides is 1. The SMILES string of the molecule is Cc1[nH]ncc1CCCNC(=O)c1ccc(Cl)cn1. The summed E-state index contributed by atoms with van der Waals surface area (Å²) in [5.41, 5.74) is 2.63. The first-order chi connectivity index (χ1) is 9.16. The van der Waals surface area contributed by atoms with Gasteiger partial charge in [0.2, 0.25) is 0 Å². The number of pyridine rings is 1. The molecule has 2 rings (SSSR count). The fraction of sp³-hybridized carbons (Fsp3) is 0.308. The minimum Gasteiger partial charge on any atom is -0.351 e. The van der Waals surface area contributed by atoms with Gasteiger partial charge >= 0.3 is 0 Å². The minimum atomic E-state index is -0.180. The second kappa shape index (κ2) is 6.33. The second-order valence-electron chi connectivity index (χ2n) is 4.24.